The fourth-order valence-electron chi connectivity index (χ4n) is 2.07. The number of carbonyl (C=O) groups is 1. The van der Waals surface area contributed by atoms with Crippen LogP contribution < -0.4 is 0 Å². The average Bonchev–Trinajstić information content (AvgIpc) is 2.53. The molecule has 2 N–H and O–H groups in total. The molecule has 2 rings (SSSR count). The van der Waals surface area contributed by atoms with Crippen molar-refractivity contribution in [2.45, 2.75) is 18.9 Å². The van der Waals surface area contributed by atoms with Gasteiger partial charge in [-0.1, -0.05) is 24.3 Å². The van der Waals surface area contributed by atoms with E-state index in [4.69, 9.17) is 5.11 Å². The molecule has 0 aromatic heterocycles. The van der Waals surface area contributed by atoms with E-state index >= 15 is 0 Å². The number of nitro groups is 1. The molecule has 22 heavy (non-hydrogen) atoms. The minimum Gasteiger partial charge on any atom is -0.479 e. The fourth-order valence-corrected chi connectivity index (χ4v) is 2.07. The molecule has 0 amide bonds. The highest BCUT2D eigenvalue weighted by molar-refractivity contribution is 5.71. The van der Waals surface area contributed by atoms with Crippen molar-refractivity contribution in [1.82, 2.24) is 0 Å². The van der Waals surface area contributed by atoms with E-state index < -0.39 is 17.0 Å². The summed E-state index contributed by atoms with van der Waals surface area (Å²) in [6.45, 7) is 0. The summed E-state index contributed by atoms with van der Waals surface area (Å²) in [7, 11) is 0. The maximum Gasteiger partial charge on any atom is 0.332 e. The standard InChI is InChI=1S/C16H15NO5/c18-15(16(19)20)10-3-11-1-4-12(5-2-11)13-6-8-14(9-7-13)17(21)22/h1-2,4-9,15,18H,3,10H2,(H,19,20). The molecule has 6 nitrogen and oxygen atoms in total. The molecule has 0 saturated heterocycles. The van der Waals surface area contributed by atoms with Gasteiger partial charge in [0, 0.05) is 12.1 Å². The van der Waals surface area contributed by atoms with Gasteiger partial charge in [-0.3, -0.25) is 10.1 Å². The van der Waals surface area contributed by atoms with Gasteiger partial charge < -0.3 is 10.2 Å². The van der Waals surface area contributed by atoms with Gasteiger partial charge in [-0.2, -0.15) is 0 Å². The van der Waals surface area contributed by atoms with Gasteiger partial charge in [-0.25, -0.2) is 4.79 Å². The van der Waals surface area contributed by atoms with Gasteiger partial charge in [0.15, 0.2) is 6.10 Å². The molecule has 114 valence electrons. The second-order valence-electron chi connectivity index (χ2n) is 4.89. The molecule has 0 bridgehead atoms. The molecule has 0 aliphatic rings. The van der Waals surface area contributed by atoms with Crippen LogP contribution in [0.15, 0.2) is 48.5 Å². The number of carboxylic acids is 1. The summed E-state index contributed by atoms with van der Waals surface area (Å²) >= 11 is 0. The molecule has 0 saturated carbocycles. The minimum atomic E-state index is -1.35. The predicted molar refractivity (Wildman–Crippen MR) is 80.5 cm³/mol. The minimum absolute atomic E-state index is 0.0445. The molecule has 1 unspecified atom stereocenters. The Morgan fingerprint density at radius 3 is 2.00 bits per heavy atom. The maximum atomic E-state index is 10.6. The third-order valence-electron chi connectivity index (χ3n) is 3.36. The van der Waals surface area contributed by atoms with E-state index in [0.29, 0.717) is 6.42 Å². The quantitative estimate of drug-likeness (QED) is 0.631. The van der Waals surface area contributed by atoms with Gasteiger partial charge >= 0.3 is 5.97 Å². The number of aliphatic carboxylic acids is 1. The summed E-state index contributed by atoms with van der Waals surface area (Å²) in [5, 5.41) is 28.5. The molecule has 0 aliphatic heterocycles. The highest BCUT2D eigenvalue weighted by Crippen LogP contribution is 2.23. The molecule has 0 heterocycles. The van der Waals surface area contributed by atoms with Crippen LogP contribution in [0.25, 0.3) is 11.1 Å². The van der Waals surface area contributed by atoms with Gasteiger partial charge in [0.1, 0.15) is 0 Å². The van der Waals surface area contributed by atoms with Crippen molar-refractivity contribution in [2.75, 3.05) is 0 Å². The lowest BCUT2D eigenvalue weighted by atomic mass is 10.0. The zero-order valence-corrected chi connectivity index (χ0v) is 11.7. The SMILES string of the molecule is O=C(O)C(O)CCc1ccc(-c2ccc([N+](=O)[O-])cc2)cc1. The number of hydrogen-bond donors (Lipinski definition) is 2. The Kier molecular flexibility index (Phi) is 4.85. The van der Waals surface area contributed by atoms with Gasteiger partial charge in [-0.15, -0.1) is 0 Å². The highest BCUT2D eigenvalue weighted by Gasteiger charge is 2.12. The van der Waals surface area contributed by atoms with Crippen molar-refractivity contribution < 1.29 is 19.9 Å². The first-order valence-electron chi connectivity index (χ1n) is 6.72. The lowest BCUT2D eigenvalue weighted by Gasteiger charge is -2.07. The van der Waals surface area contributed by atoms with Gasteiger partial charge in [0.25, 0.3) is 5.69 Å². The van der Waals surface area contributed by atoms with Crippen LogP contribution in [-0.4, -0.2) is 27.2 Å². The van der Waals surface area contributed by atoms with Crippen LogP contribution in [0.3, 0.4) is 0 Å². The van der Waals surface area contributed by atoms with Crippen LogP contribution in [0.5, 0.6) is 0 Å². The fraction of sp³-hybridized carbons (Fsp3) is 0.188. The summed E-state index contributed by atoms with van der Waals surface area (Å²) in [6.07, 6.45) is -0.727. The van der Waals surface area contributed by atoms with E-state index in [1.54, 1.807) is 12.1 Å². The Morgan fingerprint density at radius 1 is 1.05 bits per heavy atom. The van der Waals surface area contributed by atoms with E-state index in [-0.39, 0.29) is 12.1 Å². The third kappa shape index (κ3) is 3.89. The van der Waals surface area contributed by atoms with Crippen LogP contribution in [0.2, 0.25) is 0 Å². The largest absolute Gasteiger partial charge is 0.479 e. The van der Waals surface area contributed by atoms with Crippen molar-refractivity contribution in [3.63, 3.8) is 0 Å². The number of nitro benzene ring substituents is 1. The van der Waals surface area contributed by atoms with E-state index in [0.717, 1.165) is 16.7 Å². The van der Waals surface area contributed by atoms with E-state index in [9.17, 15) is 20.0 Å². The molecular formula is C16H15NO5. The Bertz CT molecular complexity index is 664. The molecule has 1 atom stereocenters. The Hall–Kier alpha value is -2.73. The Labute approximate surface area is 126 Å². The highest BCUT2D eigenvalue weighted by atomic mass is 16.6. The zero-order valence-electron chi connectivity index (χ0n) is 11.7. The number of non-ortho nitro benzene ring substituents is 1. The normalized spacial score (nSPS) is 11.9. The van der Waals surface area contributed by atoms with Crippen molar-refractivity contribution in [3.05, 3.63) is 64.2 Å². The van der Waals surface area contributed by atoms with Crippen LogP contribution in [0.1, 0.15) is 12.0 Å². The van der Waals surface area contributed by atoms with Crippen molar-refractivity contribution in [2.24, 2.45) is 0 Å². The van der Waals surface area contributed by atoms with Crippen LogP contribution in [0.4, 0.5) is 5.69 Å². The number of aliphatic hydroxyl groups excluding tert-OH is 1. The first kappa shape index (κ1) is 15.7. The number of benzene rings is 2. The molecule has 6 heteroatoms. The Balaban J connectivity index is 2.05. The summed E-state index contributed by atoms with van der Waals surface area (Å²) in [6, 6.07) is 13.7. The molecule has 0 fully saturated rings. The summed E-state index contributed by atoms with van der Waals surface area (Å²) in [5.41, 5.74) is 2.74. The van der Waals surface area contributed by atoms with E-state index in [1.807, 2.05) is 24.3 Å². The predicted octanol–water partition coefficient (Wildman–Crippen LogP) is 2.64. The molecular weight excluding hydrogens is 286 g/mol. The van der Waals surface area contributed by atoms with Crippen LogP contribution >= 0.6 is 0 Å². The van der Waals surface area contributed by atoms with Crippen molar-refractivity contribution >= 4 is 11.7 Å². The van der Waals surface area contributed by atoms with Crippen LogP contribution in [0, 0.1) is 10.1 Å². The third-order valence-corrected chi connectivity index (χ3v) is 3.36. The average molecular weight is 301 g/mol. The second kappa shape index (κ2) is 6.82. The first-order valence-corrected chi connectivity index (χ1v) is 6.72. The molecule has 2 aromatic rings. The summed E-state index contributed by atoms with van der Waals surface area (Å²) in [4.78, 5) is 20.7. The van der Waals surface area contributed by atoms with Crippen molar-refractivity contribution in [3.8, 4) is 11.1 Å². The number of aliphatic hydroxyl groups is 1. The topological polar surface area (TPSA) is 101 Å². The smallest absolute Gasteiger partial charge is 0.332 e. The monoisotopic (exact) mass is 301 g/mol. The van der Waals surface area contributed by atoms with Crippen LogP contribution in [-0.2, 0) is 11.2 Å². The lowest BCUT2D eigenvalue weighted by Crippen LogP contribution is -2.19. The van der Waals surface area contributed by atoms with E-state index in [2.05, 4.69) is 0 Å². The zero-order chi connectivity index (χ0) is 16.1. The molecule has 0 spiro atoms. The summed E-state index contributed by atoms with van der Waals surface area (Å²) in [5.74, 6) is -1.22. The molecule has 0 aliphatic carbocycles. The van der Waals surface area contributed by atoms with Gasteiger partial charge in [-0.05, 0) is 41.7 Å². The van der Waals surface area contributed by atoms with Gasteiger partial charge in [0.05, 0.1) is 4.92 Å². The molecule has 2 aromatic carbocycles. The lowest BCUT2D eigenvalue weighted by molar-refractivity contribution is -0.384. The van der Waals surface area contributed by atoms with E-state index in [1.165, 1.54) is 12.1 Å². The number of hydrogen-bond acceptors (Lipinski definition) is 4. The van der Waals surface area contributed by atoms with Crippen molar-refractivity contribution in [1.29, 1.82) is 0 Å². The Morgan fingerprint density at radius 2 is 1.55 bits per heavy atom. The number of rotatable bonds is 6. The molecule has 0 radical (unpaired) electrons. The second-order valence-corrected chi connectivity index (χ2v) is 4.89. The van der Waals surface area contributed by atoms with Gasteiger partial charge in [0.2, 0.25) is 0 Å². The number of nitrogens with zero attached hydrogens (tertiary/aromatic N) is 1. The number of carboxylic acid groups (broad SMARTS) is 1. The number of aryl methyl sites for hydroxylation is 1. The summed E-state index contributed by atoms with van der Waals surface area (Å²) < 4.78 is 0. The first-order chi connectivity index (χ1) is 10.5. The maximum absolute atomic E-state index is 10.6.